The molecule has 3 nitrogen and oxygen atoms in total. The van der Waals surface area contributed by atoms with Crippen molar-refractivity contribution in [2.24, 2.45) is 5.92 Å². The lowest BCUT2D eigenvalue weighted by Crippen LogP contribution is -2.40. The Bertz CT molecular complexity index is 311. The molecule has 1 heterocycles. The Morgan fingerprint density at radius 2 is 0.957 bits per heavy atom. The van der Waals surface area contributed by atoms with Crippen molar-refractivity contribution in [1.82, 2.24) is 0 Å². The smallest absolute Gasteiger partial charge is 0.328 e. The van der Waals surface area contributed by atoms with Crippen molar-refractivity contribution in [3.63, 3.8) is 0 Å². The number of unbranched alkanes of at least 4 members (excludes halogenated alkanes) is 14. The van der Waals surface area contributed by atoms with Gasteiger partial charge in [-0.25, -0.2) is 0 Å². The Morgan fingerprint density at radius 3 is 1.30 bits per heavy atom. The summed E-state index contributed by atoms with van der Waals surface area (Å²) >= 11 is 0. The molecule has 0 spiro atoms. The van der Waals surface area contributed by atoms with Gasteiger partial charge in [-0.15, -0.1) is 0 Å². The van der Waals surface area contributed by atoms with E-state index in [1.807, 2.05) is 0 Å². The Balaban J connectivity index is 1.70. The molecule has 0 N–H and O–H groups in total. The first kappa shape index (κ1) is 20.2. The first-order valence-electron chi connectivity index (χ1n) is 10.0. The van der Waals surface area contributed by atoms with Gasteiger partial charge in [0.15, 0.2) is 5.92 Å². The van der Waals surface area contributed by atoms with E-state index in [2.05, 4.69) is 11.7 Å². The summed E-state index contributed by atoms with van der Waals surface area (Å²) in [5, 5.41) is 0. The highest BCUT2D eigenvalue weighted by molar-refractivity contribution is 6.09. The lowest BCUT2D eigenvalue weighted by molar-refractivity contribution is -0.184. The monoisotopic (exact) mass is 324 g/mol. The van der Waals surface area contributed by atoms with Crippen molar-refractivity contribution in [1.29, 1.82) is 0 Å². The van der Waals surface area contributed by atoms with Gasteiger partial charge in [0.1, 0.15) is 0 Å². The fraction of sp³-hybridized carbons (Fsp3) is 0.900. The van der Waals surface area contributed by atoms with Crippen LogP contribution >= 0.6 is 0 Å². The van der Waals surface area contributed by atoms with Crippen LogP contribution in [0.1, 0.15) is 110 Å². The highest BCUT2D eigenvalue weighted by Gasteiger charge is 2.40. The average molecular weight is 325 g/mol. The van der Waals surface area contributed by atoms with Crippen molar-refractivity contribution in [2.75, 3.05) is 0 Å². The molecule has 0 aromatic rings. The molecule has 0 unspecified atom stereocenters. The van der Waals surface area contributed by atoms with Crippen LogP contribution in [0.5, 0.6) is 0 Å². The number of rotatable bonds is 16. The number of ether oxygens (including phenoxy) is 1. The van der Waals surface area contributed by atoms with Crippen molar-refractivity contribution in [2.45, 2.75) is 110 Å². The van der Waals surface area contributed by atoms with E-state index in [9.17, 15) is 9.59 Å². The van der Waals surface area contributed by atoms with Crippen LogP contribution in [0.25, 0.3) is 0 Å². The fourth-order valence-electron chi connectivity index (χ4n) is 3.24. The first-order valence-corrected chi connectivity index (χ1v) is 10.0. The van der Waals surface area contributed by atoms with E-state index in [4.69, 9.17) is 0 Å². The Hall–Kier alpha value is -0.860. The molecule has 0 bridgehead atoms. The van der Waals surface area contributed by atoms with Crippen LogP contribution < -0.4 is 0 Å². The van der Waals surface area contributed by atoms with Gasteiger partial charge in [-0.3, -0.25) is 9.59 Å². The van der Waals surface area contributed by atoms with Gasteiger partial charge in [0.05, 0.1) is 0 Å². The van der Waals surface area contributed by atoms with Gasteiger partial charge in [-0.2, -0.15) is 0 Å². The molecule has 1 aliphatic heterocycles. The second-order valence-electron chi connectivity index (χ2n) is 7.03. The highest BCUT2D eigenvalue weighted by Crippen LogP contribution is 2.22. The molecule has 0 amide bonds. The van der Waals surface area contributed by atoms with Crippen LogP contribution in [0.4, 0.5) is 0 Å². The predicted molar refractivity (Wildman–Crippen MR) is 94.1 cm³/mol. The van der Waals surface area contributed by atoms with E-state index in [1.54, 1.807) is 0 Å². The van der Waals surface area contributed by atoms with E-state index >= 15 is 0 Å². The van der Waals surface area contributed by atoms with Crippen molar-refractivity contribution in [3.05, 3.63) is 0 Å². The lowest BCUT2D eigenvalue weighted by Gasteiger charge is -2.21. The third-order valence-corrected chi connectivity index (χ3v) is 4.87. The SMILES string of the molecule is CCCCCCCCCCCCCCCCCC1C(=O)OC1=O. The zero-order valence-electron chi connectivity index (χ0n) is 15.1. The topological polar surface area (TPSA) is 43.4 Å². The summed E-state index contributed by atoms with van der Waals surface area (Å²) in [6.45, 7) is 2.27. The molecule has 0 aromatic heterocycles. The molecule has 1 saturated heterocycles. The van der Waals surface area contributed by atoms with Crippen LogP contribution in [-0.2, 0) is 14.3 Å². The summed E-state index contributed by atoms with van der Waals surface area (Å²) in [5.41, 5.74) is 0. The summed E-state index contributed by atoms with van der Waals surface area (Å²) in [7, 11) is 0. The molecular weight excluding hydrogens is 288 g/mol. The molecule has 23 heavy (non-hydrogen) atoms. The second kappa shape index (κ2) is 13.6. The zero-order valence-corrected chi connectivity index (χ0v) is 15.1. The number of carbonyl (C=O) groups is 2. The summed E-state index contributed by atoms with van der Waals surface area (Å²) < 4.78 is 4.35. The van der Waals surface area contributed by atoms with Crippen LogP contribution in [0.15, 0.2) is 0 Å². The van der Waals surface area contributed by atoms with Gasteiger partial charge in [0, 0.05) is 0 Å². The quantitative estimate of drug-likeness (QED) is 0.200. The van der Waals surface area contributed by atoms with Gasteiger partial charge in [-0.1, -0.05) is 103 Å². The van der Waals surface area contributed by atoms with Crippen molar-refractivity contribution >= 4 is 11.9 Å². The standard InChI is InChI=1S/C20H36O3/c1-2-3-4-5-6-7-8-9-10-11-12-13-14-15-16-17-18-19(21)23-20(18)22/h18H,2-17H2,1H3. The van der Waals surface area contributed by atoms with Gasteiger partial charge in [0.2, 0.25) is 0 Å². The minimum atomic E-state index is -0.433. The summed E-state index contributed by atoms with van der Waals surface area (Å²) in [6.07, 6.45) is 20.7. The molecule has 0 aromatic carbocycles. The number of esters is 2. The Morgan fingerprint density at radius 1 is 0.609 bits per heavy atom. The van der Waals surface area contributed by atoms with E-state index in [0.29, 0.717) is 6.42 Å². The molecule has 0 radical (unpaired) electrons. The zero-order chi connectivity index (χ0) is 16.8. The molecule has 3 heteroatoms. The van der Waals surface area contributed by atoms with E-state index in [-0.39, 0.29) is 11.9 Å². The van der Waals surface area contributed by atoms with E-state index in [0.717, 1.165) is 12.8 Å². The maximum absolute atomic E-state index is 11.0. The van der Waals surface area contributed by atoms with Gasteiger partial charge >= 0.3 is 11.9 Å². The molecule has 0 aliphatic carbocycles. The maximum atomic E-state index is 11.0. The summed E-state index contributed by atoms with van der Waals surface area (Å²) in [6, 6.07) is 0. The summed E-state index contributed by atoms with van der Waals surface area (Å²) in [5.74, 6) is -1.07. The van der Waals surface area contributed by atoms with Gasteiger partial charge < -0.3 is 4.74 Å². The van der Waals surface area contributed by atoms with Crippen LogP contribution in [0, 0.1) is 5.92 Å². The number of hydrogen-bond donors (Lipinski definition) is 0. The average Bonchev–Trinajstić information content (AvgIpc) is 2.54. The van der Waals surface area contributed by atoms with Gasteiger partial charge in [0.25, 0.3) is 0 Å². The first-order chi connectivity index (χ1) is 11.3. The fourth-order valence-corrected chi connectivity index (χ4v) is 3.24. The van der Waals surface area contributed by atoms with Crippen LogP contribution in [-0.4, -0.2) is 11.9 Å². The second-order valence-corrected chi connectivity index (χ2v) is 7.03. The Kier molecular flexibility index (Phi) is 11.9. The molecule has 0 saturated carbocycles. The molecule has 1 rings (SSSR count). The van der Waals surface area contributed by atoms with E-state index < -0.39 is 5.92 Å². The molecule has 1 aliphatic rings. The minimum Gasteiger partial charge on any atom is -0.392 e. The molecule has 134 valence electrons. The minimum absolute atomic E-state index is 0.319. The number of carbonyl (C=O) groups excluding carboxylic acids is 2. The lowest BCUT2D eigenvalue weighted by atomic mass is 9.97. The number of hydrogen-bond acceptors (Lipinski definition) is 3. The third kappa shape index (κ3) is 9.78. The van der Waals surface area contributed by atoms with Crippen LogP contribution in [0.3, 0.4) is 0 Å². The van der Waals surface area contributed by atoms with Crippen molar-refractivity contribution in [3.8, 4) is 0 Å². The van der Waals surface area contributed by atoms with E-state index in [1.165, 1.54) is 83.5 Å². The maximum Gasteiger partial charge on any atom is 0.328 e. The normalized spacial score (nSPS) is 14.8. The Labute approximate surface area is 142 Å². The third-order valence-electron chi connectivity index (χ3n) is 4.87. The van der Waals surface area contributed by atoms with Gasteiger partial charge in [-0.05, 0) is 6.42 Å². The highest BCUT2D eigenvalue weighted by atomic mass is 16.6. The molecular formula is C20H36O3. The largest absolute Gasteiger partial charge is 0.392 e. The summed E-state index contributed by atoms with van der Waals surface area (Å²) in [4.78, 5) is 22.0. The predicted octanol–water partition coefficient (Wildman–Crippen LogP) is 5.95. The van der Waals surface area contributed by atoms with Crippen molar-refractivity contribution < 1.29 is 14.3 Å². The van der Waals surface area contributed by atoms with Crippen LogP contribution in [0.2, 0.25) is 0 Å². The molecule has 0 atom stereocenters. The molecule has 1 fully saturated rings. The number of cyclic esters (lactones) is 2.